The minimum Gasteiger partial charge on any atom is -0.276 e. The lowest BCUT2D eigenvalue weighted by atomic mass is 10.0. The van der Waals surface area contributed by atoms with Gasteiger partial charge in [-0.05, 0) is 35.5 Å². The number of allylic oxidation sites excluding steroid dienone is 1. The van der Waals surface area contributed by atoms with Crippen molar-refractivity contribution >= 4 is 52.7 Å². The summed E-state index contributed by atoms with van der Waals surface area (Å²) in [5, 5.41) is -0.535. The molecule has 0 N–H and O–H groups in total. The highest BCUT2D eigenvalue weighted by molar-refractivity contribution is 7.66. The van der Waals surface area contributed by atoms with Crippen LogP contribution in [0.2, 0.25) is 0 Å². The van der Waals surface area contributed by atoms with E-state index in [-0.39, 0.29) is 10.3 Å². The van der Waals surface area contributed by atoms with Gasteiger partial charge in [-0.3, -0.25) is 4.79 Å². The van der Waals surface area contributed by atoms with E-state index in [0.29, 0.717) is 17.9 Å². The zero-order chi connectivity index (χ0) is 9.72. The number of halogens is 3. The lowest BCUT2D eigenvalue weighted by Crippen LogP contribution is -2.07. The summed E-state index contributed by atoms with van der Waals surface area (Å²) in [6.07, 6.45) is 0.677. The highest BCUT2D eigenvalue weighted by Gasteiger charge is 2.20. The summed E-state index contributed by atoms with van der Waals surface area (Å²) in [7, 11) is 0. The van der Waals surface area contributed by atoms with Crippen molar-refractivity contribution in [2.75, 3.05) is 5.88 Å². The van der Waals surface area contributed by atoms with Gasteiger partial charge in [-0.2, -0.15) is 0 Å². The molecule has 0 aromatic heterocycles. The van der Waals surface area contributed by atoms with Gasteiger partial charge in [-0.25, -0.2) is 0 Å². The second-order valence-electron chi connectivity index (χ2n) is 2.38. The van der Waals surface area contributed by atoms with E-state index < -0.39 is 5.24 Å². The Bertz CT molecular complexity index is 199. The predicted octanol–water partition coefficient (Wildman–Crippen LogP) is 2.48. The molecular weight excluding hydrogens is 239 g/mol. The Hall–Kier alpha value is 0.630. The molecule has 0 saturated heterocycles. The van der Waals surface area contributed by atoms with Gasteiger partial charge in [0.05, 0.1) is 5.57 Å². The Labute approximate surface area is 92.5 Å². The summed E-state index contributed by atoms with van der Waals surface area (Å²) >= 11 is 19.5. The summed E-state index contributed by atoms with van der Waals surface area (Å²) in [5.74, 6) is 0.461. The van der Waals surface area contributed by atoms with E-state index in [9.17, 15) is 4.79 Å². The molecule has 0 aliphatic heterocycles. The molecule has 1 nitrogen and oxygen atoms in total. The predicted molar refractivity (Wildman–Crippen MR) is 58.4 cm³/mol. The molecule has 0 spiro atoms. The number of carbonyl (C=O) groups is 1. The molecule has 0 heterocycles. The summed E-state index contributed by atoms with van der Waals surface area (Å²) in [4.78, 5) is 10.9. The van der Waals surface area contributed by atoms with Crippen LogP contribution in [0.5, 0.6) is 0 Å². The van der Waals surface area contributed by atoms with Crippen LogP contribution in [0.15, 0.2) is 9.94 Å². The monoisotopic (exact) mass is 247 g/mol. The largest absolute Gasteiger partial charge is 0.276 e. The summed E-state index contributed by atoms with van der Waals surface area (Å²) < 4.78 is 0.257. The number of alkyl halides is 1. The Kier molecular flexibility index (Phi) is 6.46. The van der Waals surface area contributed by atoms with Crippen molar-refractivity contribution in [2.24, 2.45) is 5.92 Å². The minimum absolute atomic E-state index is 0.0162. The lowest BCUT2D eigenvalue weighted by Gasteiger charge is -2.08. The highest BCUT2D eigenvalue weighted by Crippen LogP contribution is 2.23. The van der Waals surface area contributed by atoms with E-state index >= 15 is 0 Å². The molecule has 0 unspecified atom stereocenters. The van der Waals surface area contributed by atoms with Crippen LogP contribution < -0.4 is 0 Å². The maximum Gasteiger partial charge on any atom is 0.254 e. The van der Waals surface area contributed by atoms with Crippen molar-refractivity contribution in [3.63, 3.8) is 0 Å². The third-order valence-corrected chi connectivity index (χ3v) is 2.38. The lowest BCUT2D eigenvalue weighted by molar-refractivity contribution is -0.109. The van der Waals surface area contributed by atoms with Crippen molar-refractivity contribution in [1.82, 2.24) is 0 Å². The molecule has 1 atom stereocenters. The SMILES string of the molecule is C[C@H](CCCl)/C(C(=O)Cl)=C(\[SH2+])Cl. The van der Waals surface area contributed by atoms with Gasteiger partial charge < -0.3 is 0 Å². The molecule has 0 radical (unpaired) electrons. The first-order chi connectivity index (χ1) is 5.50. The van der Waals surface area contributed by atoms with Gasteiger partial charge >= 0.3 is 0 Å². The second kappa shape index (κ2) is 6.14. The number of hydrogen-bond acceptors (Lipinski definition) is 1. The molecule has 0 aromatic rings. The first-order valence-electron chi connectivity index (χ1n) is 3.37. The Morgan fingerprint density at radius 1 is 1.50 bits per heavy atom. The van der Waals surface area contributed by atoms with Crippen molar-refractivity contribution in [3.8, 4) is 0 Å². The van der Waals surface area contributed by atoms with Gasteiger partial charge in [0, 0.05) is 18.5 Å². The van der Waals surface area contributed by atoms with E-state index in [1.807, 2.05) is 6.92 Å². The molecule has 0 rings (SSSR count). The molecule has 0 amide bonds. The standard InChI is InChI=1S/C7H9Cl3OS/c1-4(2-3-8)5(6(9)11)7(10)12/h4,12H,2-3H2,1H3/p+1/b7-5+/t4-/m1/s1. The fourth-order valence-corrected chi connectivity index (χ4v) is 2.17. The minimum atomic E-state index is -0.535. The average Bonchev–Trinajstić information content (AvgIpc) is 1.85. The normalized spacial score (nSPS) is 15.4. The first kappa shape index (κ1) is 12.6. The molecule has 5 heteroatoms. The fourth-order valence-electron chi connectivity index (χ4n) is 0.804. The van der Waals surface area contributed by atoms with Gasteiger partial charge in [0.15, 0.2) is 0 Å². The molecule has 0 fully saturated rings. The third kappa shape index (κ3) is 4.04. The number of carbonyl (C=O) groups excluding carboxylic acids is 1. The van der Waals surface area contributed by atoms with Crippen molar-refractivity contribution < 1.29 is 4.79 Å². The summed E-state index contributed by atoms with van der Waals surface area (Å²) in [6.45, 7) is 1.85. The van der Waals surface area contributed by atoms with Crippen LogP contribution in [-0.2, 0) is 17.4 Å². The van der Waals surface area contributed by atoms with Crippen molar-refractivity contribution in [2.45, 2.75) is 13.3 Å². The smallest absolute Gasteiger partial charge is 0.254 e. The van der Waals surface area contributed by atoms with Gasteiger partial charge in [0.1, 0.15) is 0 Å². The highest BCUT2D eigenvalue weighted by atomic mass is 35.5. The van der Waals surface area contributed by atoms with Crippen LogP contribution in [0, 0.1) is 5.92 Å². The molecule has 12 heavy (non-hydrogen) atoms. The van der Waals surface area contributed by atoms with Crippen LogP contribution >= 0.6 is 34.8 Å². The Morgan fingerprint density at radius 2 is 2.00 bits per heavy atom. The van der Waals surface area contributed by atoms with Crippen molar-refractivity contribution in [1.29, 1.82) is 0 Å². The van der Waals surface area contributed by atoms with E-state index in [4.69, 9.17) is 34.8 Å². The summed E-state index contributed by atoms with van der Waals surface area (Å²) in [6, 6.07) is 0. The number of rotatable bonds is 4. The van der Waals surface area contributed by atoms with E-state index in [0.717, 1.165) is 0 Å². The van der Waals surface area contributed by atoms with E-state index in [2.05, 4.69) is 12.6 Å². The van der Waals surface area contributed by atoms with E-state index in [1.54, 1.807) is 0 Å². The van der Waals surface area contributed by atoms with Crippen molar-refractivity contribution in [3.05, 3.63) is 9.94 Å². The molecule has 0 saturated carbocycles. The van der Waals surface area contributed by atoms with Gasteiger partial charge in [0.25, 0.3) is 5.24 Å². The topological polar surface area (TPSA) is 17.1 Å². The van der Waals surface area contributed by atoms with Gasteiger partial charge in [-0.1, -0.05) is 6.92 Å². The average molecular weight is 249 g/mol. The zero-order valence-electron chi connectivity index (χ0n) is 6.53. The van der Waals surface area contributed by atoms with Gasteiger partial charge in [0.2, 0.25) is 4.36 Å². The van der Waals surface area contributed by atoms with Crippen LogP contribution in [0.25, 0.3) is 0 Å². The van der Waals surface area contributed by atoms with Crippen LogP contribution in [0.3, 0.4) is 0 Å². The Morgan fingerprint density at radius 3 is 2.25 bits per heavy atom. The maximum absolute atomic E-state index is 10.9. The van der Waals surface area contributed by atoms with Gasteiger partial charge in [-0.15, -0.1) is 11.6 Å². The van der Waals surface area contributed by atoms with E-state index in [1.165, 1.54) is 0 Å². The van der Waals surface area contributed by atoms with Crippen LogP contribution in [0.1, 0.15) is 13.3 Å². The Balaban J connectivity index is 4.54. The first-order valence-corrected chi connectivity index (χ1v) is 5.16. The molecule has 0 aliphatic rings. The number of hydrogen-bond donors (Lipinski definition) is 0. The zero-order valence-corrected chi connectivity index (χ0v) is 9.80. The fraction of sp³-hybridized carbons (Fsp3) is 0.571. The second-order valence-corrected chi connectivity index (χ2v) is 4.30. The molecule has 0 bridgehead atoms. The quantitative estimate of drug-likeness (QED) is 0.323. The van der Waals surface area contributed by atoms with Crippen LogP contribution in [-0.4, -0.2) is 11.1 Å². The maximum atomic E-state index is 10.9. The summed E-state index contributed by atoms with van der Waals surface area (Å²) in [5.41, 5.74) is 0.385. The van der Waals surface area contributed by atoms with Crippen LogP contribution in [0.4, 0.5) is 0 Å². The molecule has 70 valence electrons. The molecule has 0 aliphatic carbocycles. The third-order valence-electron chi connectivity index (χ3n) is 1.48. The molecular formula is C7H10Cl3OS+. The molecule has 0 aromatic carbocycles.